The van der Waals surface area contributed by atoms with Crippen molar-refractivity contribution >= 4 is 34.1 Å². The fraction of sp³-hybridized carbons (Fsp3) is 0.0833. The Labute approximate surface area is 163 Å². The SMILES string of the molecule is COc1ccc(C=O)c2ccccc12.COc1ccc2ccccc2c1C=O. The molecule has 0 N–H and O–H groups in total. The maximum atomic E-state index is 10.9. The monoisotopic (exact) mass is 372 g/mol. The lowest BCUT2D eigenvalue weighted by atomic mass is 10.0. The van der Waals surface area contributed by atoms with E-state index in [1.807, 2.05) is 66.7 Å². The van der Waals surface area contributed by atoms with Gasteiger partial charge < -0.3 is 9.47 Å². The first-order valence-electron chi connectivity index (χ1n) is 8.75. The van der Waals surface area contributed by atoms with E-state index in [1.165, 1.54) is 0 Å². The number of hydrogen-bond acceptors (Lipinski definition) is 4. The van der Waals surface area contributed by atoms with Crippen LogP contribution >= 0.6 is 0 Å². The lowest BCUT2D eigenvalue weighted by Gasteiger charge is -2.06. The van der Waals surface area contributed by atoms with Crippen molar-refractivity contribution in [3.63, 3.8) is 0 Å². The van der Waals surface area contributed by atoms with Crippen molar-refractivity contribution in [3.8, 4) is 11.5 Å². The summed E-state index contributed by atoms with van der Waals surface area (Å²) in [5.41, 5.74) is 1.31. The summed E-state index contributed by atoms with van der Waals surface area (Å²) in [5.74, 6) is 1.42. The first-order valence-corrected chi connectivity index (χ1v) is 8.75. The summed E-state index contributed by atoms with van der Waals surface area (Å²) in [6.45, 7) is 0. The highest BCUT2D eigenvalue weighted by Crippen LogP contribution is 2.27. The molecular formula is C24H20O4. The van der Waals surface area contributed by atoms with Gasteiger partial charge in [0.25, 0.3) is 0 Å². The Morgan fingerprint density at radius 1 is 0.607 bits per heavy atom. The molecule has 0 aliphatic rings. The molecule has 0 amide bonds. The summed E-state index contributed by atoms with van der Waals surface area (Å²) in [5, 5.41) is 3.89. The number of carbonyl (C=O) groups excluding carboxylic acids is 2. The minimum atomic E-state index is 0.616. The van der Waals surface area contributed by atoms with Crippen LogP contribution in [0.15, 0.2) is 72.8 Å². The van der Waals surface area contributed by atoms with Crippen molar-refractivity contribution < 1.29 is 19.1 Å². The van der Waals surface area contributed by atoms with Crippen molar-refractivity contribution in [2.24, 2.45) is 0 Å². The fourth-order valence-electron chi connectivity index (χ4n) is 3.15. The second-order valence-corrected chi connectivity index (χ2v) is 6.04. The molecule has 28 heavy (non-hydrogen) atoms. The van der Waals surface area contributed by atoms with Gasteiger partial charge in [-0.25, -0.2) is 0 Å². The molecule has 0 saturated heterocycles. The third-order valence-electron chi connectivity index (χ3n) is 4.53. The quantitative estimate of drug-likeness (QED) is 0.455. The van der Waals surface area contributed by atoms with E-state index in [0.717, 1.165) is 39.9 Å². The molecule has 0 aliphatic carbocycles. The Hall–Kier alpha value is -3.66. The standard InChI is InChI=1S/2C12H10O2/c1-14-12-7-6-9(8-13)10-4-2-3-5-11(10)12;1-14-12-7-6-9-4-2-3-5-10(9)11(12)8-13/h2*2-8H,1H3. The van der Waals surface area contributed by atoms with E-state index in [0.29, 0.717) is 16.9 Å². The highest BCUT2D eigenvalue weighted by atomic mass is 16.5. The zero-order valence-electron chi connectivity index (χ0n) is 15.7. The Morgan fingerprint density at radius 3 is 1.86 bits per heavy atom. The van der Waals surface area contributed by atoms with Gasteiger partial charge in [0.1, 0.15) is 11.5 Å². The van der Waals surface area contributed by atoms with E-state index < -0.39 is 0 Å². The Kier molecular flexibility index (Phi) is 6.02. The highest BCUT2D eigenvalue weighted by Gasteiger charge is 2.06. The summed E-state index contributed by atoms with van der Waals surface area (Å²) in [7, 11) is 3.19. The molecule has 0 atom stereocenters. The minimum Gasteiger partial charge on any atom is -0.496 e. The molecule has 0 aromatic heterocycles. The largest absolute Gasteiger partial charge is 0.496 e. The lowest BCUT2D eigenvalue weighted by molar-refractivity contribution is 0.111. The van der Waals surface area contributed by atoms with Crippen LogP contribution in [-0.2, 0) is 0 Å². The van der Waals surface area contributed by atoms with Crippen molar-refractivity contribution in [2.45, 2.75) is 0 Å². The second-order valence-electron chi connectivity index (χ2n) is 6.04. The van der Waals surface area contributed by atoms with E-state index in [2.05, 4.69) is 0 Å². The van der Waals surface area contributed by atoms with Crippen LogP contribution in [-0.4, -0.2) is 26.8 Å². The Balaban J connectivity index is 0.000000161. The average molecular weight is 372 g/mol. The van der Waals surface area contributed by atoms with Crippen LogP contribution in [0.5, 0.6) is 11.5 Å². The molecule has 0 heterocycles. The molecule has 0 radical (unpaired) electrons. The van der Waals surface area contributed by atoms with Crippen molar-refractivity contribution in [2.75, 3.05) is 14.2 Å². The average Bonchev–Trinajstić information content (AvgIpc) is 2.77. The van der Waals surface area contributed by atoms with Gasteiger partial charge in [0.05, 0.1) is 19.8 Å². The highest BCUT2D eigenvalue weighted by molar-refractivity contribution is 6.01. The minimum absolute atomic E-state index is 0.616. The molecule has 4 heteroatoms. The van der Waals surface area contributed by atoms with E-state index in [1.54, 1.807) is 20.3 Å². The van der Waals surface area contributed by atoms with Crippen molar-refractivity contribution in [1.29, 1.82) is 0 Å². The zero-order valence-corrected chi connectivity index (χ0v) is 15.7. The van der Waals surface area contributed by atoms with E-state index in [4.69, 9.17) is 9.47 Å². The van der Waals surface area contributed by atoms with E-state index in [9.17, 15) is 9.59 Å². The maximum Gasteiger partial charge on any atom is 0.154 e. The molecule has 0 aliphatic heterocycles. The predicted molar refractivity (Wildman–Crippen MR) is 112 cm³/mol. The summed E-state index contributed by atoms with van der Waals surface area (Å²) in [6, 6.07) is 22.8. The van der Waals surface area contributed by atoms with Crippen LogP contribution in [0, 0.1) is 0 Å². The van der Waals surface area contributed by atoms with Crippen LogP contribution in [0.25, 0.3) is 21.5 Å². The molecule has 0 unspecified atom stereocenters. The van der Waals surface area contributed by atoms with Gasteiger partial charge in [-0.05, 0) is 34.4 Å². The van der Waals surface area contributed by atoms with Gasteiger partial charge in [-0.15, -0.1) is 0 Å². The number of fused-ring (bicyclic) bond motifs is 2. The molecule has 140 valence electrons. The van der Waals surface area contributed by atoms with Gasteiger partial charge in [0.2, 0.25) is 0 Å². The Morgan fingerprint density at radius 2 is 1.21 bits per heavy atom. The molecule has 0 fully saturated rings. The Bertz CT molecular complexity index is 1130. The third-order valence-corrected chi connectivity index (χ3v) is 4.53. The summed E-state index contributed by atoms with van der Waals surface area (Å²) in [6.07, 6.45) is 1.70. The third kappa shape index (κ3) is 3.71. The van der Waals surface area contributed by atoms with Gasteiger partial charge in [0, 0.05) is 10.9 Å². The molecule has 0 saturated carbocycles. The zero-order chi connectivity index (χ0) is 19.9. The van der Waals surface area contributed by atoms with Gasteiger partial charge in [0.15, 0.2) is 12.6 Å². The van der Waals surface area contributed by atoms with Gasteiger partial charge in [-0.3, -0.25) is 9.59 Å². The lowest BCUT2D eigenvalue weighted by Crippen LogP contribution is -1.91. The van der Waals surface area contributed by atoms with Crippen LogP contribution in [0.4, 0.5) is 0 Å². The van der Waals surface area contributed by atoms with Gasteiger partial charge in [-0.2, -0.15) is 0 Å². The number of ether oxygens (including phenoxy) is 2. The van der Waals surface area contributed by atoms with Crippen LogP contribution in [0.1, 0.15) is 20.7 Å². The summed E-state index contributed by atoms with van der Waals surface area (Å²) in [4.78, 5) is 21.7. The number of benzene rings is 4. The second kappa shape index (κ2) is 8.82. The molecule has 0 bridgehead atoms. The fourth-order valence-corrected chi connectivity index (χ4v) is 3.15. The van der Waals surface area contributed by atoms with Gasteiger partial charge in [-0.1, -0.05) is 54.6 Å². The number of methoxy groups -OCH3 is 2. The first kappa shape index (κ1) is 19.1. The van der Waals surface area contributed by atoms with Crippen LogP contribution in [0.3, 0.4) is 0 Å². The smallest absolute Gasteiger partial charge is 0.154 e. The number of rotatable bonds is 4. The summed E-state index contributed by atoms with van der Waals surface area (Å²) < 4.78 is 10.3. The molecular weight excluding hydrogens is 352 g/mol. The van der Waals surface area contributed by atoms with E-state index >= 15 is 0 Å². The number of carbonyl (C=O) groups is 2. The number of hydrogen-bond donors (Lipinski definition) is 0. The van der Waals surface area contributed by atoms with Crippen molar-refractivity contribution in [1.82, 2.24) is 0 Å². The topological polar surface area (TPSA) is 52.6 Å². The van der Waals surface area contributed by atoms with E-state index in [-0.39, 0.29) is 0 Å². The summed E-state index contributed by atoms with van der Waals surface area (Å²) >= 11 is 0. The molecule has 4 aromatic carbocycles. The van der Waals surface area contributed by atoms with Crippen LogP contribution < -0.4 is 9.47 Å². The normalized spacial score (nSPS) is 10.1. The number of aldehydes is 2. The molecule has 0 spiro atoms. The molecule has 4 aromatic rings. The molecule has 4 nitrogen and oxygen atoms in total. The molecule has 4 rings (SSSR count). The van der Waals surface area contributed by atoms with Crippen molar-refractivity contribution in [3.05, 3.63) is 83.9 Å². The van der Waals surface area contributed by atoms with Gasteiger partial charge >= 0.3 is 0 Å². The predicted octanol–water partition coefficient (Wildman–Crippen LogP) is 5.32. The maximum absolute atomic E-state index is 10.9. The van der Waals surface area contributed by atoms with Crippen LogP contribution in [0.2, 0.25) is 0 Å². The first-order chi connectivity index (χ1) is 13.7.